The first-order chi connectivity index (χ1) is 9.66. The van der Waals surface area contributed by atoms with Crippen molar-refractivity contribution in [2.24, 2.45) is 5.92 Å². The summed E-state index contributed by atoms with van der Waals surface area (Å²) in [6.07, 6.45) is 0.935. The molecular formula is C14H13NO5. The molecule has 1 saturated heterocycles. The van der Waals surface area contributed by atoms with E-state index in [4.69, 9.17) is 9.57 Å². The van der Waals surface area contributed by atoms with Crippen LogP contribution in [0.3, 0.4) is 0 Å². The van der Waals surface area contributed by atoms with Crippen molar-refractivity contribution in [3.05, 3.63) is 35.4 Å². The van der Waals surface area contributed by atoms with Crippen LogP contribution in [0.1, 0.15) is 33.6 Å². The van der Waals surface area contributed by atoms with Crippen LogP contribution in [-0.4, -0.2) is 36.1 Å². The molecule has 1 atom stereocenters. The summed E-state index contributed by atoms with van der Waals surface area (Å²) in [4.78, 5) is 40.7. The SMILES string of the molecule is O=C(C[C@@H]1CCOC1)ON1C(=O)c2ccccc2C1=O. The lowest BCUT2D eigenvalue weighted by atomic mass is 10.1. The summed E-state index contributed by atoms with van der Waals surface area (Å²) < 4.78 is 5.17. The zero-order chi connectivity index (χ0) is 14.1. The number of carbonyl (C=O) groups excluding carboxylic acids is 3. The summed E-state index contributed by atoms with van der Waals surface area (Å²) in [5.41, 5.74) is 0.518. The van der Waals surface area contributed by atoms with Crippen LogP contribution >= 0.6 is 0 Å². The molecule has 0 bridgehead atoms. The number of amides is 2. The van der Waals surface area contributed by atoms with Gasteiger partial charge >= 0.3 is 5.97 Å². The fourth-order valence-corrected chi connectivity index (χ4v) is 2.37. The number of imide groups is 1. The monoisotopic (exact) mass is 275 g/mol. The fourth-order valence-electron chi connectivity index (χ4n) is 2.37. The van der Waals surface area contributed by atoms with Crippen LogP contribution in [0, 0.1) is 5.92 Å². The van der Waals surface area contributed by atoms with Crippen LogP contribution < -0.4 is 0 Å². The molecule has 3 rings (SSSR count). The second kappa shape index (κ2) is 5.05. The molecule has 2 heterocycles. The topological polar surface area (TPSA) is 72.9 Å². The molecule has 2 amide bonds. The average molecular weight is 275 g/mol. The number of fused-ring (bicyclic) bond motifs is 1. The second-order valence-electron chi connectivity index (χ2n) is 4.85. The van der Waals surface area contributed by atoms with Crippen molar-refractivity contribution in [2.45, 2.75) is 12.8 Å². The Balaban J connectivity index is 1.68. The summed E-state index contributed by atoms with van der Waals surface area (Å²) in [6, 6.07) is 6.39. The largest absolute Gasteiger partial charge is 0.381 e. The van der Waals surface area contributed by atoms with Crippen LogP contribution in [0.4, 0.5) is 0 Å². The normalized spacial score (nSPS) is 21.2. The van der Waals surface area contributed by atoms with Gasteiger partial charge in [0, 0.05) is 6.61 Å². The van der Waals surface area contributed by atoms with Crippen LogP contribution in [-0.2, 0) is 14.4 Å². The highest BCUT2D eigenvalue weighted by atomic mass is 16.7. The van der Waals surface area contributed by atoms with E-state index in [-0.39, 0.29) is 23.5 Å². The maximum absolute atomic E-state index is 12.0. The zero-order valence-electron chi connectivity index (χ0n) is 10.7. The van der Waals surface area contributed by atoms with Gasteiger partial charge in [-0.15, -0.1) is 0 Å². The smallest absolute Gasteiger partial charge is 0.333 e. The molecular weight excluding hydrogens is 262 g/mol. The number of carbonyl (C=O) groups is 3. The molecule has 0 aromatic heterocycles. The van der Waals surface area contributed by atoms with E-state index < -0.39 is 17.8 Å². The molecule has 20 heavy (non-hydrogen) atoms. The predicted molar refractivity (Wildman–Crippen MR) is 66.6 cm³/mol. The third kappa shape index (κ3) is 2.18. The van der Waals surface area contributed by atoms with Gasteiger partial charge in [0.1, 0.15) is 0 Å². The van der Waals surface area contributed by atoms with Gasteiger partial charge in [0.25, 0.3) is 11.8 Å². The highest BCUT2D eigenvalue weighted by Crippen LogP contribution is 2.24. The first-order valence-corrected chi connectivity index (χ1v) is 6.43. The van der Waals surface area contributed by atoms with Gasteiger partial charge < -0.3 is 9.57 Å². The van der Waals surface area contributed by atoms with Gasteiger partial charge in [-0.3, -0.25) is 9.59 Å². The lowest BCUT2D eigenvalue weighted by molar-refractivity contribution is -0.169. The van der Waals surface area contributed by atoms with Crippen LogP contribution in [0.2, 0.25) is 0 Å². The van der Waals surface area contributed by atoms with E-state index in [1.807, 2.05) is 0 Å². The maximum Gasteiger partial charge on any atom is 0.333 e. The highest BCUT2D eigenvalue weighted by molar-refractivity contribution is 6.20. The predicted octanol–water partition coefficient (Wildman–Crippen LogP) is 1.17. The van der Waals surface area contributed by atoms with E-state index >= 15 is 0 Å². The molecule has 0 aliphatic carbocycles. The van der Waals surface area contributed by atoms with Crippen molar-refractivity contribution in [1.82, 2.24) is 5.06 Å². The Morgan fingerprint density at radius 3 is 2.45 bits per heavy atom. The molecule has 0 N–H and O–H groups in total. The molecule has 2 aliphatic rings. The molecule has 0 unspecified atom stereocenters. The van der Waals surface area contributed by atoms with Crippen LogP contribution in [0.5, 0.6) is 0 Å². The minimum atomic E-state index is -0.596. The van der Waals surface area contributed by atoms with Gasteiger partial charge in [-0.25, -0.2) is 4.79 Å². The van der Waals surface area contributed by atoms with Gasteiger partial charge in [0.15, 0.2) is 0 Å². The third-order valence-corrected chi connectivity index (χ3v) is 3.43. The van der Waals surface area contributed by atoms with E-state index in [2.05, 4.69) is 0 Å². The second-order valence-corrected chi connectivity index (χ2v) is 4.85. The van der Waals surface area contributed by atoms with E-state index in [0.29, 0.717) is 18.3 Å². The summed E-state index contributed by atoms with van der Waals surface area (Å²) >= 11 is 0. The van der Waals surface area contributed by atoms with Crippen molar-refractivity contribution in [3.8, 4) is 0 Å². The summed E-state index contributed by atoms with van der Waals surface area (Å²) in [5.74, 6) is -1.68. The number of hydroxylamine groups is 2. The number of hydrogen-bond acceptors (Lipinski definition) is 5. The van der Waals surface area contributed by atoms with Crippen molar-refractivity contribution < 1.29 is 24.0 Å². The standard InChI is InChI=1S/C14H13NO5/c16-12(7-9-5-6-19-8-9)20-15-13(17)10-3-1-2-4-11(10)14(15)18/h1-4,9H,5-8H2/t9-/m0/s1. The van der Waals surface area contributed by atoms with E-state index in [1.54, 1.807) is 12.1 Å². The molecule has 2 aliphatic heterocycles. The Morgan fingerprint density at radius 2 is 1.90 bits per heavy atom. The number of nitrogens with zero attached hydrogens (tertiary/aromatic N) is 1. The number of hydrogen-bond donors (Lipinski definition) is 0. The van der Waals surface area contributed by atoms with Crippen LogP contribution in [0.25, 0.3) is 0 Å². The quantitative estimate of drug-likeness (QED) is 0.774. The molecule has 1 fully saturated rings. The Hall–Kier alpha value is -2.21. The summed E-state index contributed by atoms with van der Waals surface area (Å²) in [6.45, 7) is 1.14. The summed E-state index contributed by atoms with van der Waals surface area (Å²) in [7, 11) is 0. The molecule has 0 saturated carbocycles. The number of benzene rings is 1. The minimum Gasteiger partial charge on any atom is -0.381 e. The molecule has 1 aromatic rings. The fraction of sp³-hybridized carbons (Fsp3) is 0.357. The minimum absolute atomic E-state index is 0.0951. The molecule has 0 spiro atoms. The van der Waals surface area contributed by atoms with Crippen molar-refractivity contribution in [1.29, 1.82) is 0 Å². The van der Waals surface area contributed by atoms with E-state index in [9.17, 15) is 14.4 Å². The maximum atomic E-state index is 12.0. The Kier molecular flexibility index (Phi) is 3.23. The first kappa shape index (κ1) is 12.8. The average Bonchev–Trinajstić information content (AvgIpc) is 3.03. The highest BCUT2D eigenvalue weighted by Gasteiger charge is 2.38. The Morgan fingerprint density at radius 1 is 1.25 bits per heavy atom. The van der Waals surface area contributed by atoms with Crippen molar-refractivity contribution >= 4 is 17.8 Å². The first-order valence-electron chi connectivity index (χ1n) is 6.43. The molecule has 0 radical (unpaired) electrons. The number of rotatable bonds is 3. The lowest BCUT2D eigenvalue weighted by Gasteiger charge is -2.14. The van der Waals surface area contributed by atoms with Gasteiger partial charge in [0.2, 0.25) is 0 Å². The van der Waals surface area contributed by atoms with Crippen molar-refractivity contribution in [2.75, 3.05) is 13.2 Å². The molecule has 6 nitrogen and oxygen atoms in total. The van der Waals surface area contributed by atoms with Gasteiger partial charge in [-0.05, 0) is 24.5 Å². The zero-order valence-corrected chi connectivity index (χ0v) is 10.7. The van der Waals surface area contributed by atoms with Crippen molar-refractivity contribution in [3.63, 3.8) is 0 Å². The molecule has 104 valence electrons. The Labute approximate surface area is 115 Å². The van der Waals surface area contributed by atoms with E-state index in [1.165, 1.54) is 12.1 Å². The van der Waals surface area contributed by atoms with Gasteiger partial charge in [0.05, 0.1) is 24.2 Å². The molecule has 6 heteroatoms. The molecule has 1 aromatic carbocycles. The van der Waals surface area contributed by atoms with Gasteiger partial charge in [-0.2, -0.15) is 0 Å². The lowest BCUT2D eigenvalue weighted by Crippen LogP contribution is -2.33. The third-order valence-electron chi connectivity index (χ3n) is 3.43. The Bertz CT molecular complexity index is 542. The number of ether oxygens (including phenoxy) is 1. The van der Waals surface area contributed by atoms with Crippen LogP contribution in [0.15, 0.2) is 24.3 Å². The van der Waals surface area contributed by atoms with E-state index in [0.717, 1.165) is 6.42 Å². The van der Waals surface area contributed by atoms with Gasteiger partial charge in [-0.1, -0.05) is 17.2 Å². The summed E-state index contributed by atoms with van der Waals surface area (Å²) in [5, 5.41) is 0.544.